The number of likely N-dealkylation sites (tertiary alicyclic amines) is 1. The number of piperidine rings is 1. The predicted octanol–water partition coefficient (Wildman–Crippen LogP) is 4.29. The summed E-state index contributed by atoms with van der Waals surface area (Å²) in [7, 11) is 0. The van der Waals surface area contributed by atoms with Crippen LogP contribution in [0.5, 0.6) is 0 Å². The molecular weight excluding hydrogens is 516 g/mol. The third kappa shape index (κ3) is 5.93. The Morgan fingerprint density at radius 2 is 1.92 bits per heavy atom. The van der Waals surface area contributed by atoms with E-state index in [0.717, 1.165) is 10.7 Å². The standard InChI is InChI=1S/C25H29ClF4N4O3/c1-3-37-24(36)16-6-9-32(10-7-16)15(2)23(35)33-11-8-19-21(14-33)34(31-22(19)25(28,29)30)13-17-4-5-18(26)12-20(17)27/h4-5,12,15-16H,3,6-11,13-14H2,1-2H3. The third-order valence-corrected chi connectivity index (χ3v) is 7.34. The molecule has 1 aromatic carbocycles. The first-order valence-electron chi connectivity index (χ1n) is 12.3. The molecule has 37 heavy (non-hydrogen) atoms. The van der Waals surface area contributed by atoms with Crippen molar-refractivity contribution in [2.24, 2.45) is 5.92 Å². The zero-order valence-electron chi connectivity index (χ0n) is 20.7. The molecule has 7 nitrogen and oxygen atoms in total. The molecule has 2 aliphatic rings. The smallest absolute Gasteiger partial charge is 0.435 e. The van der Waals surface area contributed by atoms with Crippen LogP contribution in [0.4, 0.5) is 17.6 Å². The second-order valence-electron chi connectivity index (χ2n) is 9.41. The maximum absolute atomic E-state index is 14.4. The van der Waals surface area contributed by atoms with Crippen molar-refractivity contribution < 1.29 is 31.9 Å². The van der Waals surface area contributed by atoms with Gasteiger partial charge in [-0.1, -0.05) is 17.7 Å². The van der Waals surface area contributed by atoms with Gasteiger partial charge in [0.15, 0.2) is 5.69 Å². The second kappa shape index (κ2) is 11.0. The van der Waals surface area contributed by atoms with Gasteiger partial charge in [-0.15, -0.1) is 0 Å². The Morgan fingerprint density at radius 1 is 1.22 bits per heavy atom. The molecular formula is C25H29ClF4N4O3. The Morgan fingerprint density at radius 3 is 2.54 bits per heavy atom. The first-order valence-corrected chi connectivity index (χ1v) is 12.7. The molecule has 1 atom stereocenters. The molecule has 1 amide bonds. The van der Waals surface area contributed by atoms with Gasteiger partial charge in [-0.05, 0) is 58.3 Å². The molecule has 202 valence electrons. The van der Waals surface area contributed by atoms with E-state index < -0.39 is 23.7 Å². The Balaban J connectivity index is 1.50. The summed E-state index contributed by atoms with van der Waals surface area (Å²) in [6.45, 7) is 4.78. The SMILES string of the molecule is CCOC(=O)C1CCN(C(C)C(=O)N2CCc3c(C(F)(F)F)nn(Cc4ccc(Cl)cc4F)c3C2)CC1. The molecule has 12 heteroatoms. The summed E-state index contributed by atoms with van der Waals surface area (Å²) in [5, 5.41) is 3.97. The van der Waals surface area contributed by atoms with Crippen molar-refractivity contribution in [1.82, 2.24) is 19.6 Å². The fourth-order valence-electron chi connectivity index (χ4n) is 5.04. The fourth-order valence-corrected chi connectivity index (χ4v) is 5.20. The molecule has 3 heterocycles. The molecule has 0 saturated carbocycles. The maximum atomic E-state index is 14.4. The summed E-state index contributed by atoms with van der Waals surface area (Å²) >= 11 is 5.80. The van der Waals surface area contributed by atoms with Gasteiger partial charge in [-0.2, -0.15) is 18.3 Å². The van der Waals surface area contributed by atoms with Gasteiger partial charge in [-0.3, -0.25) is 19.2 Å². The van der Waals surface area contributed by atoms with Crippen LogP contribution >= 0.6 is 11.6 Å². The number of rotatable bonds is 6. The molecule has 1 aromatic heterocycles. The Labute approximate surface area is 217 Å². The van der Waals surface area contributed by atoms with Crippen molar-refractivity contribution in [3.8, 4) is 0 Å². The van der Waals surface area contributed by atoms with Crippen LogP contribution in [0, 0.1) is 11.7 Å². The van der Waals surface area contributed by atoms with E-state index in [1.165, 1.54) is 17.0 Å². The number of hydrogen-bond donors (Lipinski definition) is 0. The highest BCUT2D eigenvalue weighted by Gasteiger charge is 2.42. The largest absolute Gasteiger partial charge is 0.466 e. The van der Waals surface area contributed by atoms with Crippen molar-refractivity contribution >= 4 is 23.5 Å². The second-order valence-corrected chi connectivity index (χ2v) is 9.85. The van der Waals surface area contributed by atoms with Gasteiger partial charge in [0.25, 0.3) is 0 Å². The van der Waals surface area contributed by atoms with Crippen molar-refractivity contribution in [1.29, 1.82) is 0 Å². The summed E-state index contributed by atoms with van der Waals surface area (Å²) < 4.78 is 61.8. The molecule has 0 aliphatic carbocycles. The van der Waals surface area contributed by atoms with E-state index >= 15 is 0 Å². The number of halogens is 5. The highest BCUT2D eigenvalue weighted by atomic mass is 35.5. The zero-order valence-corrected chi connectivity index (χ0v) is 21.4. The van der Waals surface area contributed by atoms with Gasteiger partial charge in [0, 0.05) is 22.7 Å². The lowest BCUT2D eigenvalue weighted by molar-refractivity contribution is -0.150. The average Bonchev–Trinajstić information content (AvgIpc) is 3.23. The molecule has 0 N–H and O–H groups in total. The Kier molecular flexibility index (Phi) is 8.13. The molecule has 0 radical (unpaired) electrons. The lowest BCUT2D eigenvalue weighted by atomic mass is 9.95. The number of esters is 1. The topological polar surface area (TPSA) is 67.7 Å². The van der Waals surface area contributed by atoms with Gasteiger partial charge in [0.2, 0.25) is 5.91 Å². The van der Waals surface area contributed by atoms with E-state index in [2.05, 4.69) is 5.10 Å². The monoisotopic (exact) mass is 544 g/mol. The van der Waals surface area contributed by atoms with Gasteiger partial charge >= 0.3 is 12.1 Å². The van der Waals surface area contributed by atoms with Crippen molar-refractivity contribution in [3.05, 3.63) is 51.6 Å². The van der Waals surface area contributed by atoms with E-state index in [9.17, 15) is 27.2 Å². The number of nitrogens with zero attached hydrogens (tertiary/aromatic N) is 4. The van der Waals surface area contributed by atoms with Crippen LogP contribution in [0.2, 0.25) is 5.02 Å². The first kappa shape index (κ1) is 27.4. The minimum Gasteiger partial charge on any atom is -0.466 e. The molecule has 1 fully saturated rings. The summed E-state index contributed by atoms with van der Waals surface area (Å²) in [6, 6.07) is 3.47. The number of carbonyl (C=O) groups excluding carboxylic acids is 2. The first-order chi connectivity index (χ1) is 17.5. The highest BCUT2D eigenvalue weighted by molar-refractivity contribution is 6.30. The minimum absolute atomic E-state index is 0.00330. The number of carbonyl (C=O) groups is 2. The van der Waals surface area contributed by atoms with Gasteiger partial charge < -0.3 is 9.64 Å². The van der Waals surface area contributed by atoms with Crippen LogP contribution in [0.25, 0.3) is 0 Å². The normalized spacial score (nSPS) is 18.0. The van der Waals surface area contributed by atoms with E-state index in [1.54, 1.807) is 13.8 Å². The lowest BCUT2D eigenvalue weighted by Crippen LogP contribution is -2.51. The quantitative estimate of drug-likeness (QED) is 0.401. The van der Waals surface area contributed by atoms with Crippen LogP contribution in [-0.4, -0.2) is 63.7 Å². The summed E-state index contributed by atoms with van der Waals surface area (Å²) in [4.78, 5) is 28.9. The highest BCUT2D eigenvalue weighted by Crippen LogP contribution is 2.36. The number of benzene rings is 1. The molecule has 1 unspecified atom stereocenters. The van der Waals surface area contributed by atoms with Gasteiger partial charge in [-0.25, -0.2) is 4.39 Å². The van der Waals surface area contributed by atoms with Crippen LogP contribution in [0.15, 0.2) is 18.2 Å². The van der Waals surface area contributed by atoms with Crippen LogP contribution in [0.3, 0.4) is 0 Å². The van der Waals surface area contributed by atoms with Gasteiger partial charge in [0.1, 0.15) is 5.82 Å². The average molecular weight is 545 g/mol. The number of alkyl halides is 3. The van der Waals surface area contributed by atoms with Gasteiger partial charge in [0.05, 0.1) is 37.4 Å². The zero-order chi connectivity index (χ0) is 26.9. The summed E-state index contributed by atoms with van der Waals surface area (Å²) in [5.74, 6) is -1.27. The summed E-state index contributed by atoms with van der Waals surface area (Å²) in [6.07, 6.45) is -3.52. The van der Waals surface area contributed by atoms with E-state index in [4.69, 9.17) is 16.3 Å². The van der Waals surface area contributed by atoms with Crippen LogP contribution in [-0.2, 0) is 40.0 Å². The van der Waals surface area contributed by atoms with E-state index in [-0.39, 0.29) is 65.7 Å². The molecule has 0 spiro atoms. The maximum Gasteiger partial charge on any atom is 0.435 e. The molecule has 2 aromatic rings. The number of ether oxygens (including phenoxy) is 1. The Hall–Kier alpha value is -2.66. The lowest BCUT2D eigenvalue weighted by Gasteiger charge is -2.37. The number of aromatic nitrogens is 2. The minimum atomic E-state index is -4.67. The molecule has 1 saturated heterocycles. The fraction of sp³-hybridized carbons (Fsp3) is 0.560. The van der Waals surface area contributed by atoms with Crippen molar-refractivity contribution in [2.75, 3.05) is 26.2 Å². The van der Waals surface area contributed by atoms with Crippen molar-refractivity contribution in [2.45, 2.75) is 58.4 Å². The molecule has 2 aliphatic heterocycles. The predicted molar refractivity (Wildman–Crippen MR) is 127 cm³/mol. The van der Waals surface area contributed by atoms with Crippen LogP contribution in [0.1, 0.15) is 49.2 Å². The van der Waals surface area contributed by atoms with Crippen molar-refractivity contribution in [3.63, 3.8) is 0 Å². The summed E-state index contributed by atoms with van der Waals surface area (Å²) in [5.41, 5.74) is -0.578. The number of amides is 1. The number of hydrogen-bond acceptors (Lipinski definition) is 5. The van der Waals surface area contributed by atoms with E-state index in [0.29, 0.717) is 32.5 Å². The third-order valence-electron chi connectivity index (χ3n) is 7.11. The number of fused-ring (bicyclic) bond motifs is 1. The molecule has 4 rings (SSSR count). The van der Waals surface area contributed by atoms with E-state index in [1.807, 2.05) is 4.90 Å². The molecule has 0 bridgehead atoms. The van der Waals surface area contributed by atoms with Crippen LogP contribution < -0.4 is 0 Å². The Bertz CT molecular complexity index is 1160.